The molecule has 0 spiro atoms. The number of carboxylic acid groups (broad SMARTS) is 1. The number of hydrogen-bond acceptors (Lipinski definition) is 3. The summed E-state index contributed by atoms with van der Waals surface area (Å²) in [5, 5.41) is 9.28. The van der Waals surface area contributed by atoms with Crippen molar-refractivity contribution in [2.45, 2.75) is 58.1 Å². The molecule has 1 fully saturated rings. The summed E-state index contributed by atoms with van der Waals surface area (Å²) in [6.45, 7) is 9.86. The van der Waals surface area contributed by atoms with Crippen molar-refractivity contribution >= 4 is 29.0 Å². The summed E-state index contributed by atoms with van der Waals surface area (Å²) in [6, 6.07) is 5.92. The number of hydrogen-bond donors (Lipinski definition) is 1. The first kappa shape index (κ1) is 17.5. The van der Waals surface area contributed by atoms with Crippen molar-refractivity contribution in [1.29, 1.82) is 0 Å². The zero-order chi connectivity index (χ0) is 16.7. The molecule has 1 aliphatic heterocycles. The molecule has 1 atom stereocenters. The van der Waals surface area contributed by atoms with Crippen LogP contribution < -0.4 is 0 Å². The van der Waals surface area contributed by atoms with Crippen molar-refractivity contribution in [2.24, 2.45) is 0 Å². The summed E-state index contributed by atoms with van der Waals surface area (Å²) in [4.78, 5) is 11.3. The van der Waals surface area contributed by atoms with Gasteiger partial charge in [0.1, 0.15) is 0 Å². The van der Waals surface area contributed by atoms with Crippen LogP contribution in [0.1, 0.15) is 51.1 Å². The van der Waals surface area contributed by atoms with Crippen LogP contribution in [0.25, 0.3) is 0 Å². The molecule has 1 heterocycles. The molecule has 0 saturated carbocycles. The molecule has 1 aromatic rings. The first-order chi connectivity index (χ1) is 10.0. The lowest BCUT2D eigenvalue weighted by Crippen LogP contribution is -2.41. The predicted octanol–water partition coefficient (Wildman–Crippen LogP) is 3.95. The van der Waals surface area contributed by atoms with Gasteiger partial charge in [-0.05, 0) is 57.9 Å². The second kappa shape index (κ2) is 5.98. The van der Waals surface area contributed by atoms with E-state index >= 15 is 0 Å². The third-order valence-corrected chi connectivity index (χ3v) is 4.94. The maximum Gasteiger partial charge on any atom is 0.466 e. The molecule has 0 bridgehead atoms. The molecule has 0 amide bonds. The molecule has 1 N–H and O–H groups in total. The fourth-order valence-corrected chi connectivity index (χ4v) is 3.22. The second-order valence-electron chi connectivity index (χ2n) is 6.89. The quantitative estimate of drug-likeness (QED) is 0.817. The molecular formula is C16H22BBrO4. The van der Waals surface area contributed by atoms with Crippen molar-refractivity contribution in [3.8, 4) is 0 Å². The summed E-state index contributed by atoms with van der Waals surface area (Å²) in [5.74, 6) is -1.22. The molecule has 4 nitrogen and oxygen atoms in total. The number of rotatable bonds is 4. The number of carboxylic acids is 1. The molecule has 0 aromatic heterocycles. The SMILES string of the molecule is Cc1cc(Br)cc(C(CC(=O)O)B2OC(C)(C)C(C)(C)O2)c1. The van der Waals surface area contributed by atoms with Gasteiger partial charge in [-0.3, -0.25) is 4.79 Å². The van der Waals surface area contributed by atoms with E-state index in [9.17, 15) is 9.90 Å². The third-order valence-electron chi connectivity index (χ3n) is 4.49. The van der Waals surface area contributed by atoms with E-state index < -0.39 is 24.3 Å². The smallest absolute Gasteiger partial charge is 0.466 e. The highest BCUT2D eigenvalue weighted by molar-refractivity contribution is 9.10. The average molecular weight is 369 g/mol. The van der Waals surface area contributed by atoms with Crippen LogP contribution in [0.15, 0.2) is 22.7 Å². The van der Waals surface area contributed by atoms with Crippen LogP contribution in [0.3, 0.4) is 0 Å². The lowest BCUT2D eigenvalue weighted by atomic mass is 9.66. The number of carbonyl (C=O) groups is 1. The maximum atomic E-state index is 11.3. The highest BCUT2D eigenvalue weighted by Gasteiger charge is 2.54. The van der Waals surface area contributed by atoms with E-state index in [1.54, 1.807) is 0 Å². The van der Waals surface area contributed by atoms with Gasteiger partial charge >= 0.3 is 13.1 Å². The van der Waals surface area contributed by atoms with Crippen LogP contribution >= 0.6 is 15.9 Å². The van der Waals surface area contributed by atoms with Crippen molar-refractivity contribution in [3.05, 3.63) is 33.8 Å². The summed E-state index contributed by atoms with van der Waals surface area (Å²) in [6.07, 6.45) is -0.0350. The molecule has 0 radical (unpaired) electrons. The first-order valence-corrected chi connectivity index (χ1v) is 8.16. The van der Waals surface area contributed by atoms with Gasteiger partial charge in [0.15, 0.2) is 0 Å². The minimum atomic E-state index is -0.864. The van der Waals surface area contributed by atoms with E-state index in [-0.39, 0.29) is 12.2 Å². The minimum Gasteiger partial charge on any atom is -0.481 e. The zero-order valence-corrected chi connectivity index (χ0v) is 15.2. The Kier molecular flexibility index (Phi) is 4.76. The summed E-state index contributed by atoms with van der Waals surface area (Å²) in [5.41, 5.74) is 1.02. The van der Waals surface area contributed by atoms with Crippen molar-refractivity contribution in [2.75, 3.05) is 0 Å². The van der Waals surface area contributed by atoms with Gasteiger partial charge in [-0.1, -0.05) is 22.0 Å². The highest BCUT2D eigenvalue weighted by atomic mass is 79.9. The second-order valence-corrected chi connectivity index (χ2v) is 7.81. The van der Waals surface area contributed by atoms with E-state index in [0.717, 1.165) is 15.6 Å². The molecule has 6 heteroatoms. The molecular weight excluding hydrogens is 347 g/mol. The van der Waals surface area contributed by atoms with E-state index in [2.05, 4.69) is 15.9 Å². The van der Waals surface area contributed by atoms with Gasteiger partial charge < -0.3 is 14.4 Å². The van der Waals surface area contributed by atoms with Gasteiger partial charge in [-0.2, -0.15) is 0 Å². The predicted molar refractivity (Wildman–Crippen MR) is 90.0 cm³/mol. The molecule has 1 aromatic carbocycles. The number of aliphatic carboxylic acids is 1. The van der Waals surface area contributed by atoms with Gasteiger partial charge in [0.2, 0.25) is 0 Å². The Balaban J connectivity index is 2.37. The van der Waals surface area contributed by atoms with E-state index in [1.165, 1.54) is 0 Å². The summed E-state index contributed by atoms with van der Waals surface area (Å²) < 4.78 is 13.0. The zero-order valence-electron chi connectivity index (χ0n) is 13.6. The minimum absolute atomic E-state index is 0.0350. The van der Waals surface area contributed by atoms with Crippen molar-refractivity contribution < 1.29 is 19.2 Å². The van der Waals surface area contributed by atoms with Crippen molar-refractivity contribution in [3.63, 3.8) is 0 Å². The van der Waals surface area contributed by atoms with Gasteiger partial charge in [-0.15, -0.1) is 0 Å². The van der Waals surface area contributed by atoms with Gasteiger partial charge in [-0.25, -0.2) is 0 Å². The lowest BCUT2D eigenvalue weighted by molar-refractivity contribution is -0.137. The van der Waals surface area contributed by atoms with Gasteiger partial charge in [0, 0.05) is 10.3 Å². The van der Waals surface area contributed by atoms with E-state index in [1.807, 2.05) is 52.8 Å². The fourth-order valence-electron chi connectivity index (χ4n) is 2.59. The van der Waals surface area contributed by atoms with E-state index in [0.29, 0.717) is 0 Å². The Labute approximate surface area is 140 Å². The Morgan fingerprint density at radius 1 is 1.23 bits per heavy atom. The monoisotopic (exact) mass is 368 g/mol. The molecule has 22 heavy (non-hydrogen) atoms. The van der Waals surface area contributed by atoms with E-state index in [4.69, 9.17) is 9.31 Å². The molecule has 1 unspecified atom stereocenters. The topological polar surface area (TPSA) is 55.8 Å². The molecule has 1 saturated heterocycles. The Morgan fingerprint density at radius 2 is 1.77 bits per heavy atom. The third kappa shape index (κ3) is 3.55. The Bertz CT molecular complexity index is 549. The number of halogens is 1. The molecule has 120 valence electrons. The molecule has 2 rings (SSSR count). The highest BCUT2D eigenvalue weighted by Crippen LogP contribution is 2.42. The van der Waals surface area contributed by atoms with Crippen LogP contribution in [0.4, 0.5) is 0 Å². The van der Waals surface area contributed by atoms with Crippen LogP contribution in [-0.2, 0) is 14.1 Å². The van der Waals surface area contributed by atoms with Crippen molar-refractivity contribution in [1.82, 2.24) is 0 Å². The Morgan fingerprint density at radius 3 is 2.23 bits per heavy atom. The van der Waals surface area contributed by atoms with Gasteiger partial charge in [0.05, 0.1) is 17.6 Å². The first-order valence-electron chi connectivity index (χ1n) is 7.36. The summed E-state index contributed by atoms with van der Waals surface area (Å²) in [7, 11) is -0.574. The lowest BCUT2D eigenvalue weighted by Gasteiger charge is -2.32. The fraction of sp³-hybridized carbons (Fsp3) is 0.562. The van der Waals surface area contributed by atoms with Gasteiger partial charge in [0.25, 0.3) is 0 Å². The standard InChI is InChI=1S/C16H22BBrO4/c1-10-6-11(8-12(18)7-10)13(9-14(19)20)17-21-15(2,3)16(4,5)22-17/h6-8,13H,9H2,1-5H3,(H,19,20). The van der Waals surface area contributed by atoms with Crippen LogP contribution in [0.5, 0.6) is 0 Å². The molecule has 0 aliphatic carbocycles. The number of benzene rings is 1. The normalized spacial score (nSPS) is 20.9. The largest absolute Gasteiger partial charge is 0.481 e. The average Bonchev–Trinajstić information content (AvgIpc) is 2.53. The summed E-state index contributed by atoms with van der Waals surface area (Å²) >= 11 is 3.47. The van der Waals surface area contributed by atoms with Crippen LogP contribution in [0, 0.1) is 6.92 Å². The molecule has 1 aliphatic rings. The van der Waals surface area contributed by atoms with Crippen LogP contribution in [-0.4, -0.2) is 29.4 Å². The number of aryl methyl sites for hydroxylation is 1. The Hall–Kier alpha value is -0.845. The maximum absolute atomic E-state index is 11.3. The van der Waals surface area contributed by atoms with Crippen LogP contribution in [0.2, 0.25) is 0 Å².